The van der Waals surface area contributed by atoms with Crippen molar-refractivity contribution in [2.45, 2.75) is 25.9 Å². The van der Waals surface area contributed by atoms with Crippen LogP contribution in [0.3, 0.4) is 0 Å². The monoisotopic (exact) mass is 481 g/mol. The van der Waals surface area contributed by atoms with Crippen LogP contribution in [0.2, 0.25) is 0 Å². The Kier molecular flexibility index (Phi) is 6.36. The van der Waals surface area contributed by atoms with E-state index in [0.717, 1.165) is 5.56 Å². The highest BCUT2D eigenvalue weighted by molar-refractivity contribution is 6.21. The second kappa shape index (κ2) is 9.91. The van der Waals surface area contributed by atoms with Gasteiger partial charge < -0.3 is 5.32 Å². The number of amides is 3. The zero-order valence-electron chi connectivity index (χ0n) is 19.4. The highest BCUT2D eigenvalue weighted by Gasteiger charge is 2.34. The van der Waals surface area contributed by atoms with E-state index >= 15 is 0 Å². The van der Waals surface area contributed by atoms with Crippen LogP contribution in [0.25, 0.3) is 10.8 Å². The Morgan fingerprint density at radius 1 is 0.861 bits per heavy atom. The molecule has 2 aromatic heterocycles. The fraction of sp³-hybridized carbons (Fsp3) is 0.185. The zero-order valence-corrected chi connectivity index (χ0v) is 19.4. The summed E-state index contributed by atoms with van der Waals surface area (Å²) < 4.78 is 1.38. The number of benzene rings is 2. The molecule has 9 heteroatoms. The minimum Gasteiger partial charge on any atom is -0.350 e. The van der Waals surface area contributed by atoms with Crippen molar-refractivity contribution in [2.75, 3.05) is 6.54 Å². The summed E-state index contributed by atoms with van der Waals surface area (Å²) in [4.78, 5) is 55.7. The highest BCUT2D eigenvalue weighted by atomic mass is 16.2. The summed E-state index contributed by atoms with van der Waals surface area (Å²) >= 11 is 0. The number of pyridine rings is 1. The second-order valence-electron chi connectivity index (χ2n) is 8.50. The van der Waals surface area contributed by atoms with Crippen LogP contribution >= 0.6 is 0 Å². The number of carbonyl (C=O) groups is 3. The Morgan fingerprint density at radius 2 is 1.56 bits per heavy atom. The summed E-state index contributed by atoms with van der Waals surface area (Å²) in [5.74, 6) is -0.896. The average molecular weight is 482 g/mol. The largest absolute Gasteiger partial charge is 0.350 e. The maximum Gasteiger partial charge on any atom is 0.274 e. The fourth-order valence-electron chi connectivity index (χ4n) is 4.32. The lowest BCUT2D eigenvalue weighted by Gasteiger charge is -2.14. The van der Waals surface area contributed by atoms with Crippen LogP contribution in [0.1, 0.15) is 44.8 Å². The minimum absolute atomic E-state index is 0.139. The van der Waals surface area contributed by atoms with Gasteiger partial charge in [0.2, 0.25) is 5.91 Å². The van der Waals surface area contributed by atoms with Gasteiger partial charge in [-0.25, -0.2) is 4.68 Å². The second-order valence-corrected chi connectivity index (χ2v) is 8.50. The summed E-state index contributed by atoms with van der Waals surface area (Å²) in [6.07, 6.45) is 3.82. The minimum atomic E-state index is -0.331. The standard InChI is InChI=1S/C27H23N5O4/c33-24(12-6-14-31-25(34)21-10-3-4-11-22(21)26(31)35)29-16-23-19-8-1-2-9-20(19)27(36)32(30-23)17-18-7-5-13-28-15-18/h1-5,7-11,13,15H,6,12,14,16-17H2,(H,29,33). The van der Waals surface area contributed by atoms with E-state index < -0.39 is 0 Å². The smallest absolute Gasteiger partial charge is 0.274 e. The molecule has 0 radical (unpaired) electrons. The van der Waals surface area contributed by atoms with E-state index in [9.17, 15) is 19.2 Å². The molecular weight excluding hydrogens is 458 g/mol. The van der Waals surface area contributed by atoms with Crippen molar-refractivity contribution in [2.24, 2.45) is 0 Å². The van der Waals surface area contributed by atoms with Crippen LogP contribution in [0, 0.1) is 0 Å². The molecule has 0 unspecified atom stereocenters. The molecule has 0 aliphatic carbocycles. The van der Waals surface area contributed by atoms with Gasteiger partial charge in [0.05, 0.1) is 35.3 Å². The summed E-state index contributed by atoms with van der Waals surface area (Å²) in [7, 11) is 0. The zero-order chi connectivity index (χ0) is 25.1. The number of nitrogens with zero attached hydrogens (tertiary/aromatic N) is 4. The lowest BCUT2D eigenvalue weighted by molar-refractivity contribution is -0.121. The van der Waals surface area contributed by atoms with Gasteiger partial charge in [0.15, 0.2) is 0 Å². The lowest BCUT2D eigenvalue weighted by Crippen LogP contribution is -2.32. The molecule has 3 amide bonds. The summed E-state index contributed by atoms with van der Waals surface area (Å²) in [6, 6.07) is 17.5. The van der Waals surface area contributed by atoms with Gasteiger partial charge in [0.25, 0.3) is 17.4 Å². The predicted octanol–water partition coefficient (Wildman–Crippen LogP) is 2.53. The fourth-order valence-corrected chi connectivity index (χ4v) is 4.32. The highest BCUT2D eigenvalue weighted by Crippen LogP contribution is 2.22. The van der Waals surface area contributed by atoms with Crippen LogP contribution in [0.4, 0.5) is 0 Å². The van der Waals surface area contributed by atoms with Crippen molar-refractivity contribution in [3.05, 3.63) is 106 Å². The Bertz CT molecular complexity index is 1500. The summed E-state index contributed by atoms with van der Waals surface area (Å²) in [5, 5.41) is 8.56. The summed E-state index contributed by atoms with van der Waals surface area (Å²) in [6.45, 7) is 0.565. The molecule has 9 nitrogen and oxygen atoms in total. The first-order valence-corrected chi connectivity index (χ1v) is 11.6. The van der Waals surface area contributed by atoms with Crippen molar-refractivity contribution in [3.8, 4) is 0 Å². The Hall–Kier alpha value is -4.66. The van der Waals surface area contributed by atoms with Gasteiger partial charge >= 0.3 is 0 Å². The van der Waals surface area contributed by atoms with E-state index in [-0.39, 0.29) is 49.3 Å². The predicted molar refractivity (Wildman–Crippen MR) is 132 cm³/mol. The Labute approximate surface area is 206 Å². The van der Waals surface area contributed by atoms with Gasteiger partial charge in [0.1, 0.15) is 0 Å². The van der Waals surface area contributed by atoms with Crippen LogP contribution in [-0.4, -0.2) is 43.9 Å². The number of imide groups is 1. The number of hydrogen-bond donors (Lipinski definition) is 1. The molecule has 0 bridgehead atoms. The van der Waals surface area contributed by atoms with Crippen LogP contribution in [0.5, 0.6) is 0 Å². The van der Waals surface area contributed by atoms with Crippen molar-refractivity contribution in [3.63, 3.8) is 0 Å². The summed E-state index contributed by atoms with van der Waals surface area (Å²) in [5.41, 5.74) is 1.98. The molecule has 1 aliphatic heterocycles. The molecule has 1 aliphatic rings. The number of fused-ring (bicyclic) bond motifs is 2. The number of nitrogens with one attached hydrogen (secondary N) is 1. The van der Waals surface area contributed by atoms with Gasteiger partial charge in [-0.05, 0) is 36.2 Å². The van der Waals surface area contributed by atoms with Gasteiger partial charge in [-0.3, -0.25) is 29.1 Å². The van der Waals surface area contributed by atoms with E-state index in [0.29, 0.717) is 34.0 Å². The first-order valence-electron chi connectivity index (χ1n) is 11.6. The number of hydrogen-bond acceptors (Lipinski definition) is 6. The van der Waals surface area contributed by atoms with Gasteiger partial charge in [0, 0.05) is 30.7 Å². The van der Waals surface area contributed by atoms with Crippen LogP contribution in [0.15, 0.2) is 77.9 Å². The molecule has 5 rings (SSSR count). The Balaban J connectivity index is 1.24. The average Bonchev–Trinajstić information content (AvgIpc) is 3.15. The third-order valence-corrected chi connectivity index (χ3v) is 6.12. The quantitative estimate of drug-likeness (QED) is 0.387. The normalized spacial score (nSPS) is 12.7. The first kappa shape index (κ1) is 23.1. The number of rotatable bonds is 8. The maximum atomic E-state index is 13.0. The lowest BCUT2D eigenvalue weighted by atomic mass is 10.1. The third kappa shape index (κ3) is 4.50. The Morgan fingerprint density at radius 3 is 2.25 bits per heavy atom. The molecule has 36 heavy (non-hydrogen) atoms. The molecule has 180 valence electrons. The van der Waals surface area contributed by atoms with E-state index in [4.69, 9.17) is 0 Å². The molecule has 1 N–H and O–H groups in total. The van der Waals surface area contributed by atoms with Crippen molar-refractivity contribution < 1.29 is 14.4 Å². The first-order chi connectivity index (χ1) is 17.5. The molecule has 0 fully saturated rings. The number of aromatic nitrogens is 3. The van der Waals surface area contributed by atoms with Crippen molar-refractivity contribution in [1.29, 1.82) is 0 Å². The van der Waals surface area contributed by atoms with Gasteiger partial charge in [-0.15, -0.1) is 0 Å². The number of carbonyl (C=O) groups excluding carboxylic acids is 3. The van der Waals surface area contributed by atoms with Crippen molar-refractivity contribution in [1.82, 2.24) is 25.0 Å². The molecule has 0 atom stereocenters. The molecule has 0 saturated heterocycles. The van der Waals surface area contributed by atoms with Crippen LogP contribution in [-0.2, 0) is 17.9 Å². The molecule has 3 heterocycles. The maximum absolute atomic E-state index is 13.0. The van der Waals surface area contributed by atoms with E-state index in [1.54, 1.807) is 54.9 Å². The molecule has 4 aromatic rings. The van der Waals surface area contributed by atoms with Gasteiger partial charge in [-0.2, -0.15) is 5.10 Å². The SMILES string of the molecule is O=C(CCCN1C(=O)c2ccccc2C1=O)NCc1nn(Cc2cccnc2)c(=O)c2ccccc12. The molecule has 0 saturated carbocycles. The van der Waals surface area contributed by atoms with E-state index in [2.05, 4.69) is 15.4 Å². The molecule has 0 spiro atoms. The molecule has 2 aromatic carbocycles. The van der Waals surface area contributed by atoms with Crippen LogP contribution < -0.4 is 10.9 Å². The topological polar surface area (TPSA) is 114 Å². The van der Waals surface area contributed by atoms with E-state index in [1.807, 2.05) is 18.2 Å². The molecular formula is C27H23N5O4. The third-order valence-electron chi connectivity index (χ3n) is 6.12. The van der Waals surface area contributed by atoms with E-state index in [1.165, 1.54) is 9.58 Å². The van der Waals surface area contributed by atoms with Crippen molar-refractivity contribution >= 4 is 28.5 Å². The van der Waals surface area contributed by atoms with Gasteiger partial charge in [-0.1, -0.05) is 36.4 Å².